The molecule has 1 saturated carbocycles. The first-order chi connectivity index (χ1) is 8.74. The second kappa shape index (κ2) is 4.68. The van der Waals surface area contributed by atoms with Gasteiger partial charge < -0.3 is 11.1 Å². The molecule has 0 bridgehead atoms. The van der Waals surface area contributed by atoms with Gasteiger partial charge in [-0.3, -0.25) is 0 Å². The molecule has 6 heteroatoms. The summed E-state index contributed by atoms with van der Waals surface area (Å²) >= 11 is 0. The van der Waals surface area contributed by atoms with Crippen molar-refractivity contribution in [2.24, 2.45) is 5.41 Å². The molecule has 0 spiro atoms. The van der Waals surface area contributed by atoms with Crippen molar-refractivity contribution in [1.29, 1.82) is 0 Å². The Morgan fingerprint density at radius 1 is 1.37 bits per heavy atom. The van der Waals surface area contributed by atoms with Crippen molar-refractivity contribution >= 4 is 21.4 Å². The Bertz CT molecular complexity index is 578. The maximum absolute atomic E-state index is 12.0. The zero-order valence-corrected chi connectivity index (χ0v) is 12.4. The fraction of sp³-hybridized carbons (Fsp3) is 0.538. The molecule has 0 aromatic heterocycles. The first kappa shape index (κ1) is 14.1. The lowest BCUT2D eigenvalue weighted by Gasteiger charge is -2.16. The van der Waals surface area contributed by atoms with E-state index in [1.54, 1.807) is 12.1 Å². The van der Waals surface area contributed by atoms with Gasteiger partial charge in [0.25, 0.3) is 0 Å². The summed E-state index contributed by atoms with van der Waals surface area (Å²) in [6.07, 6.45) is 2.46. The zero-order chi connectivity index (χ0) is 14.3. The van der Waals surface area contributed by atoms with Crippen LogP contribution in [0, 0.1) is 5.41 Å². The van der Waals surface area contributed by atoms with Crippen molar-refractivity contribution in [3.8, 4) is 0 Å². The minimum Gasteiger partial charge on any atom is -0.397 e. The minimum atomic E-state index is -3.42. The maximum Gasteiger partial charge on any atom is 0.242 e. The number of hydrogen-bond acceptors (Lipinski definition) is 4. The zero-order valence-electron chi connectivity index (χ0n) is 11.6. The molecule has 0 atom stereocenters. The smallest absolute Gasteiger partial charge is 0.242 e. The molecule has 0 heterocycles. The predicted octanol–water partition coefficient (Wildman–Crippen LogP) is 1.73. The normalized spacial score (nSPS) is 17.5. The Labute approximate surface area is 114 Å². The fourth-order valence-electron chi connectivity index (χ4n) is 1.77. The first-order valence-corrected chi connectivity index (χ1v) is 7.75. The van der Waals surface area contributed by atoms with Crippen LogP contribution >= 0.6 is 0 Å². The highest BCUT2D eigenvalue weighted by molar-refractivity contribution is 7.89. The molecule has 5 nitrogen and oxygen atoms in total. The lowest BCUT2D eigenvalue weighted by molar-refractivity contribution is 0.521. The maximum atomic E-state index is 12.0. The quantitative estimate of drug-likeness (QED) is 0.807. The molecular weight excluding hydrogens is 262 g/mol. The van der Waals surface area contributed by atoms with Crippen LogP contribution in [0.1, 0.15) is 19.8 Å². The van der Waals surface area contributed by atoms with Crippen molar-refractivity contribution in [3.05, 3.63) is 18.2 Å². The van der Waals surface area contributed by atoms with Crippen LogP contribution in [0.4, 0.5) is 11.4 Å². The van der Waals surface area contributed by atoms with Crippen LogP contribution in [0.5, 0.6) is 0 Å². The molecule has 1 fully saturated rings. The predicted molar refractivity (Wildman–Crippen MR) is 77.6 cm³/mol. The van der Waals surface area contributed by atoms with Gasteiger partial charge >= 0.3 is 0 Å². The highest BCUT2D eigenvalue weighted by Gasteiger charge is 2.36. The van der Waals surface area contributed by atoms with Crippen molar-refractivity contribution in [2.45, 2.75) is 24.7 Å². The van der Waals surface area contributed by atoms with Gasteiger partial charge in [-0.05, 0) is 36.5 Å². The van der Waals surface area contributed by atoms with Gasteiger partial charge in [0.15, 0.2) is 0 Å². The number of nitrogens with one attached hydrogen (secondary N) is 1. The first-order valence-electron chi connectivity index (χ1n) is 6.31. The van der Waals surface area contributed by atoms with Crippen molar-refractivity contribution in [1.82, 2.24) is 4.31 Å². The van der Waals surface area contributed by atoms with Crippen LogP contribution in [-0.2, 0) is 10.0 Å². The molecule has 2 rings (SSSR count). The van der Waals surface area contributed by atoms with E-state index >= 15 is 0 Å². The third-order valence-electron chi connectivity index (χ3n) is 3.61. The lowest BCUT2D eigenvalue weighted by atomic mass is 10.1. The summed E-state index contributed by atoms with van der Waals surface area (Å²) in [6.45, 7) is 3.10. The third-order valence-corrected chi connectivity index (χ3v) is 5.42. The van der Waals surface area contributed by atoms with Crippen LogP contribution in [0.2, 0.25) is 0 Å². The third kappa shape index (κ3) is 3.01. The Morgan fingerprint density at radius 2 is 2.00 bits per heavy atom. The van der Waals surface area contributed by atoms with Crippen molar-refractivity contribution in [2.75, 3.05) is 31.7 Å². The Morgan fingerprint density at radius 3 is 2.47 bits per heavy atom. The molecule has 19 heavy (non-hydrogen) atoms. The van der Waals surface area contributed by atoms with Gasteiger partial charge in [-0.2, -0.15) is 0 Å². The molecule has 0 radical (unpaired) electrons. The van der Waals surface area contributed by atoms with Crippen LogP contribution in [0.3, 0.4) is 0 Å². The van der Waals surface area contributed by atoms with Gasteiger partial charge in [0.2, 0.25) is 10.0 Å². The number of nitrogen functional groups attached to an aromatic ring is 1. The highest BCUT2D eigenvalue weighted by atomic mass is 32.2. The van der Waals surface area contributed by atoms with Gasteiger partial charge in [-0.25, -0.2) is 12.7 Å². The second-order valence-corrected chi connectivity index (χ2v) is 7.85. The summed E-state index contributed by atoms with van der Waals surface area (Å²) in [5, 5.41) is 3.29. The second-order valence-electron chi connectivity index (χ2n) is 5.70. The molecule has 1 aromatic carbocycles. The molecule has 3 N–H and O–H groups in total. The average molecular weight is 283 g/mol. The topological polar surface area (TPSA) is 75.4 Å². The Hall–Kier alpha value is -1.27. The van der Waals surface area contributed by atoms with E-state index in [1.807, 2.05) is 0 Å². The lowest BCUT2D eigenvalue weighted by Crippen LogP contribution is -2.22. The van der Waals surface area contributed by atoms with Gasteiger partial charge in [0.1, 0.15) is 0 Å². The molecular formula is C13H21N3O2S. The Balaban J connectivity index is 2.17. The molecule has 0 unspecified atom stereocenters. The largest absolute Gasteiger partial charge is 0.397 e. The van der Waals surface area contributed by atoms with E-state index in [-0.39, 0.29) is 4.90 Å². The number of hydrogen-bond donors (Lipinski definition) is 2. The van der Waals surface area contributed by atoms with Crippen LogP contribution in [-0.4, -0.2) is 33.4 Å². The van der Waals surface area contributed by atoms with Crippen LogP contribution in [0.15, 0.2) is 23.1 Å². The molecule has 0 amide bonds. The molecule has 1 aliphatic rings. The Kier molecular flexibility index (Phi) is 3.49. The SMILES string of the molecule is CN(C)S(=O)(=O)c1ccc(NCC2(C)CC2)c(N)c1. The number of nitrogens with zero attached hydrogens (tertiary/aromatic N) is 1. The average Bonchev–Trinajstić information content (AvgIpc) is 3.06. The molecule has 1 aromatic rings. The summed E-state index contributed by atoms with van der Waals surface area (Å²) in [6, 6.07) is 4.83. The van der Waals surface area contributed by atoms with Gasteiger partial charge in [0.05, 0.1) is 16.3 Å². The summed E-state index contributed by atoms with van der Waals surface area (Å²) in [4.78, 5) is 0.221. The molecule has 0 saturated heterocycles. The summed E-state index contributed by atoms with van der Waals surface area (Å²) < 4.78 is 25.1. The molecule has 1 aliphatic carbocycles. The fourth-order valence-corrected chi connectivity index (χ4v) is 2.71. The van der Waals surface area contributed by atoms with E-state index in [9.17, 15) is 8.42 Å². The van der Waals surface area contributed by atoms with Crippen molar-refractivity contribution < 1.29 is 8.42 Å². The van der Waals surface area contributed by atoms with Crippen LogP contribution < -0.4 is 11.1 Å². The minimum absolute atomic E-state index is 0.221. The van der Waals surface area contributed by atoms with E-state index in [4.69, 9.17) is 5.73 Å². The summed E-state index contributed by atoms with van der Waals surface area (Å²) in [7, 11) is -0.410. The number of benzene rings is 1. The molecule has 0 aliphatic heterocycles. The highest BCUT2D eigenvalue weighted by Crippen LogP contribution is 2.45. The van der Waals surface area contributed by atoms with E-state index < -0.39 is 10.0 Å². The number of nitrogens with two attached hydrogens (primary N) is 1. The monoisotopic (exact) mass is 283 g/mol. The summed E-state index contributed by atoms with van der Waals surface area (Å²) in [5.41, 5.74) is 7.56. The number of anilines is 2. The van der Waals surface area contributed by atoms with Gasteiger partial charge in [-0.15, -0.1) is 0 Å². The van der Waals surface area contributed by atoms with E-state index in [0.717, 1.165) is 12.2 Å². The van der Waals surface area contributed by atoms with E-state index in [1.165, 1.54) is 37.3 Å². The van der Waals surface area contributed by atoms with E-state index in [0.29, 0.717) is 11.1 Å². The standard InChI is InChI=1S/C13H21N3O2S/c1-13(6-7-13)9-15-12-5-4-10(8-11(12)14)19(17,18)16(2)3/h4-5,8,15H,6-7,9,14H2,1-3H3. The van der Waals surface area contributed by atoms with Crippen molar-refractivity contribution in [3.63, 3.8) is 0 Å². The van der Waals surface area contributed by atoms with Crippen LogP contribution in [0.25, 0.3) is 0 Å². The van der Waals surface area contributed by atoms with E-state index in [2.05, 4.69) is 12.2 Å². The van der Waals surface area contributed by atoms with Gasteiger partial charge in [-0.1, -0.05) is 6.92 Å². The summed E-state index contributed by atoms with van der Waals surface area (Å²) in [5.74, 6) is 0. The number of rotatable bonds is 5. The molecule has 106 valence electrons. The van der Waals surface area contributed by atoms with Gasteiger partial charge in [0, 0.05) is 20.6 Å². The number of sulfonamides is 1.